The first-order valence-corrected chi connectivity index (χ1v) is 5.18. The third kappa shape index (κ3) is 1.19. The Morgan fingerprint density at radius 2 is 2.00 bits per heavy atom. The molecular formula is C13H6ClNO. The molecule has 0 aliphatic carbocycles. The van der Waals surface area contributed by atoms with Crippen LogP contribution >= 0.6 is 11.6 Å². The molecule has 0 saturated heterocycles. The molecule has 0 fully saturated rings. The molecule has 3 heteroatoms. The van der Waals surface area contributed by atoms with Crippen LogP contribution in [0.4, 0.5) is 0 Å². The lowest BCUT2D eigenvalue weighted by molar-refractivity contribution is 0.669. The number of rotatable bonds is 0. The Kier molecular flexibility index (Phi) is 1.89. The zero-order chi connectivity index (χ0) is 11.1. The smallest absolute Gasteiger partial charge is 0.153 e. The number of hydrogen-bond acceptors (Lipinski definition) is 2. The number of nitrogens with zero attached hydrogens (tertiary/aromatic N) is 1. The zero-order valence-electron chi connectivity index (χ0n) is 8.20. The van der Waals surface area contributed by atoms with Crippen LogP contribution in [0, 0.1) is 11.3 Å². The van der Waals surface area contributed by atoms with Crippen LogP contribution in [0.25, 0.3) is 21.9 Å². The van der Waals surface area contributed by atoms with Crippen LogP contribution in [0.5, 0.6) is 0 Å². The highest BCUT2D eigenvalue weighted by Crippen LogP contribution is 2.33. The van der Waals surface area contributed by atoms with Crippen molar-refractivity contribution < 1.29 is 4.42 Å². The van der Waals surface area contributed by atoms with E-state index in [-0.39, 0.29) is 0 Å². The molecule has 3 aromatic rings. The van der Waals surface area contributed by atoms with Crippen molar-refractivity contribution in [1.29, 1.82) is 5.26 Å². The first kappa shape index (κ1) is 9.26. The maximum atomic E-state index is 8.81. The maximum absolute atomic E-state index is 8.81. The molecule has 0 unspecified atom stereocenters. The van der Waals surface area contributed by atoms with E-state index >= 15 is 0 Å². The van der Waals surface area contributed by atoms with E-state index in [1.165, 1.54) is 0 Å². The first-order chi connectivity index (χ1) is 7.79. The minimum absolute atomic E-state index is 0.586. The van der Waals surface area contributed by atoms with Gasteiger partial charge in [0.25, 0.3) is 0 Å². The van der Waals surface area contributed by atoms with Crippen molar-refractivity contribution in [3.63, 3.8) is 0 Å². The quantitative estimate of drug-likeness (QED) is 0.580. The van der Waals surface area contributed by atoms with Crippen molar-refractivity contribution in [2.75, 3.05) is 0 Å². The van der Waals surface area contributed by atoms with E-state index in [1.807, 2.05) is 18.2 Å². The number of benzene rings is 2. The van der Waals surface area contributed by atoms with Gasteiger partial charge < -0.3 is 4.42 Å². The average Bonchev–Trinajstić information content (AvgIpc) is 2.68. The molecule has 16 heavy (non-hydrogen) atoms. The second-order valence-electron chi connectivity index (χ2n) is 3.54. The molecule has 0 amide bonds. The van der Waals surface area contributed by atoms with Gasteiger partial charge >= 0.3 is 0 Å². The van der Waals surface area contributed by atoms with E-state index < -0.39 is 0 Å². The van der Waals surface area contributed by atoms with Gasteiger partial charge in [-0.05, 0) is 24.3 Å². The Bertz CT molecular complexity index is 737. The van der Waals surface area contributed by atoms with Gasteiger partial charge in [-0.2, -0.15) is 5.26 Å². The van der Waals surface area contributed by atoms with E-state index in [0.717, 1.165) is 10.8 Å². The molecule has 3 rings (SSSR count). The zero-order valence-corrected chi connectivity index (χ0v) is 8.95. The van der Waals surface area contributed by atoms with E-state index in [2.05, 4.69) is 6.07 Å². The fraction of sp³-hybridized carbons (Fsp3) is 0. The normalized spacial score (nSPS) is 10.8. The molecule has 1 heterocycles. The van der Waals surface area contributed by atoms with Crippen LogP contribution < -0.4 is 0 Å². The highest BCUT2D eigenvalue weighted by Gasteiger charge is 2.09. The Hall–Kier alpha value is -1.98. The molecule has 0 atom stereocenters. The van der Waals surface area contributed by atoms with Crippen LogP contribution in [-0.4, -0.2) is 0 Å². The monoisotopic (exact) mass is 227 g/mol. The van der Waals surface area contributed by atoms with Gasteiger partial charge in [-0.1, -0.05) is 23.7 Å². The van der Waals surface area contributed by atoms with Gasteiger partial charge in [0, 0.05) is 10.8 Å². The summed E-state index contributed by atoms with van der Waals surface area (Å²) in [5.41, 5.74) is 1.96. The Morgan fingerprint density at radius 3 is 2.81 bits per heavy atom. The molecule has 2 aromatic carbocycles. The summed E-state index contributed by atoms with van der Waals surface area (Å²) in [7, 11) is 0. The van der Waals surface area contributed by atoms with Crippen LogP contribution in [-0.2, 0) is 0 Å². The topological polar surface area (TPSA) is 36.9 Å². The third-order valence-corrected chi connectivity index (χ3v) is 2.88. The van der Waals surface area contributed by atoms with Gasteiger partial charge in [0.05, 0.1) is 16.7 Å². The second-order valence-corrected chi connectivity index (χ2v) is 3.95. The highest BCUT2D eigenvalue weighted by atomic mass is 35.5. The predicted molar refractivity (Wildman–Crippen MR) is 63.4 cm³/mol. The molecule has 0 aliphatic heterocycles. The fourth-order valence-corrected chi connectivity index (χ4v) is 2.05. The fourth-order valence-electron chi connectivity index (χ4n) is 1.83. The predicted octanol–water partition coefficient (Wildman–Crippen LogP) is 4.11. The summed E-state index contributed by atoms with van der Waals surface area (Å²) in [5.74, 6) is 0. The second kappa shape index (κ2) is 3.26. The highest BCUT2D eigenvalue weighted by molar-refractivity contribution is 6.35. The number of furan rings is 1. The summed E-state index contributed by atoms with van der Waals surface area (Å²) in [6, 6.07) is 13.1. The number of fused-ring (bicyclic) bond motifs is 3. The molecule has 0 N–H and O–H groups in total. The minimum Gasteiger partial charge on any atom is -0.454 e. The standard InChI is InChI=1S/C13H6ClNO/c14-11-3-1-2-10-9-5-4-8(7-15)6-12(9)16-13(10)11/h1-6H. The number of hydrogen-bond donors (Lipinski definition) is 0. The third-order valence-electron chi connectivity index (χ3n) is 2.58. The largest absolute Gasteiger partial charge is 0.454 e. The van der Waals surface area contributed by atoms with Crippen LogP contribution in [0.2, 0.25) is 5.02 Å². The van der Waals surface area contributed by atoms with Crippen LogP contribution in [0.1, 0.15) is 5.56 Å². The summed E-state index contributed by atoms with van der Waals surface area (Å²) < 4.78 is 5.64. The summed E-state index contributed by atoms with van der Waals surface area (Å²) in [6.45, 7) is 0. The summed E-state index contributed by atoms with van der Waals surface area (Å²) in [4.78, 5) is 0. The summed E-state index contributed by atoms with van der Waals surface area (Å²) in [6.07, 6.45) is 0. The summed E-state index contributed by atoms with van der Waals surface area (Å²) >= 11 is 6.04. The van der Waals surface area contributed by atoms with Gasteiger partial charge in [-0.25, -0.2) is 0 Å². The van der Waals surface area contributed by atoms with Crippen molar-refractivity contribution in [2.45, 2.75) is 0 Å². The van der Waals surface area contributed by atoms with Gasteiger partial charge in [-0.3, -0.25) is 0 Å². The molecule has 0 bridgehead atoms. The lowest BCUT2D eigenvalue weighted by Gasteiger charge is -1.90. The minimum atomic E-state index is 0.586. The van der Waals surface area contributed by atoms with E-state index in [1.54, 1.807) is 18.2 Å². The van der Waals surface area contributed by atoms with E-state index in [4.69, 9.17) is 21.3 Å². The number of halogens is 1. The molecule has 76 valence electrons. The van der Waals surface area contributed by atoms with Crippen molar-refractivity contribution in [1.82, 2.24) is 0 Å². The van der Waals surface area contributed by atoms with Crippen molar-refractivity contribution >= 4 is 33.5 Å². The maximum Gasteiger partial charge on any atom is 0.153 e. The van der Waals surface area contributed by atoms with Crippen molar-refractivity contribution in [2.24, 2.45) is 0 Å². The van der Waals surface area contributed by atoms with Gasteiger partial charge in [-0.15, -0.1) is 0 Å². The van der Waals surface area contributed by atoms with Crippen LogP contribution in [0.15, 0.2) is 40.8 Å². The Labute approximate surface area is 96.6 Å². The molecule has 0 spiro atoms. The molecule has 2 nitrogen and oxygen atoms in total. The van der Waals surface area contributed by atoms with Gasteiger partial charge in [0.1, 0.15) is 5.58 Å². The molecular weight excluding hydrogens is 222 g/mol. The first-order valence-electron chi connectivity index (χ1n) is 4.80. The molecule has 0 aliphatic rings. The van der Waals surface area contributed by atoms with Crippen molar-refractivity contribution in [3.8, 4) is 6.07 Å². The van der Waals surface area contributed by atoms with Crippen molar-refractivity contribution in [3.05, 3.63) is 47.0 Å². The molecule has 0 radical (unpaired) electrons. The van der Waals surface area contributed by atoms with E-state index in [9.17, 15) is 0 Å². The Morgan fingerprint density at radius 1 is 1.12 bits per heavy atom. The lowest BCUT2D eigenvalue weighted by atomic mass is 10.1. The Balaban J connectivity index is 2.51. The van der Waals surface area contributed by atoms with Gasteiger partial charge in [0.2, 0.25) is 0 Å². The van der Waals surface area contributed by atoms with E-state index in [0.29, 0.717) is 21.8 Å². The lowest BCUT2D eigenvalue weighted by Crippen LogP contribution is -1.71. The van der Waals surface area contributed by atoms with Crippen LogP contribution in [0.3, 0.4) is 0 Å². The molecule has 0 saturated carbocycles. The SMILES string of the molecule is N#Cc1ccc2c(c1)oc1c(Cl)cccc12. The number of nitriles is 1. The summed E-state index contributed by atoms with van der Waals surface area (Å²) in [5, 5.41) is 11.4. The van der Waals surface area contributed by atoms with Gasteiger partial charge in [0.15, 0.2) is 5.58 Å². The number of para-hydroxylation sites is 1. The average molecular weight is 228 g/mol. The molecule has 1 aromatic heterocycles.